The highest BCUT2D eigenvalue weighted by atomic mass is 32.2. The van der Waals surface area contributed by atoms with E-state index in [-0.39, 0.29) is 5.97 Å². The van der Waals surface area contributed by atoms with Crippen molar-refractivity contribution in [3.05, 3.63) is 18.5 Å². The largest absolute Gasteiger partial charge is 0.465 e. The summed E-state index contributed by atoms with van der Waals surface area (Å²) in [5.74, 6) is 0.358. The highest BCUT2D eigenvalue weighted by Gasteiger charge is 2.39. The molecule has 0 spiro atoms. The van der Waals surface area contributed by atoms with E-state index in [2.05, 4.69) is 15.3 Å². The molecule has 1 heterocycles. The van der Waals surface area contributed by atoms with E-state index in [4.69, 9.17) is 4.74 Å². The third-order valence-electron chi connectivity index (χ3n) is 2.86. The van der Waals surface area contributed by atoms with Gasteiger partial charge in [0.25, 0.3) is 0 Å². The molecule has 1 atom stereocenters. The van der Waals surface area contributed by atoms with Crippen molar-refractivity contribution >= 4 is 17.7 Å². The fourth-order valence-electron chi connectivity index (χ4n) is 1.70. The van der Waals surface area contributed by atoms with Crippen LogP contribution in [0.1, 0.15) is 26.7 Å². The van der Waals surface area contributed by atoms with Gasteiger partial charge in [-0.1, -0.05) is 11.8 Å². The summed E-state index contributed by atoms with van der Waals surface area (Å²) in [6, 6.07) is 2.21. The second kappa shape index (κ2) is 6.34. The van der Waals surface area contributed by atoms with Crippen molar-refractivity contribution in [1.29, 1.82) is 0 Å². The molecule has 5 nitrogen and oxygen atoms in total. The quantitative estimate of drug-likeness (QED) is 0.466. The lowest BCUT2D eigenvalue weighted by atomic mass is 10.1. The first kappa shape index (κ1) is 14.3. The van der Waals surface area contributed by atoms with Crippen molar-refractivity contribution in [1.82, 2.24) is 15.3 Å². The lowest BCUT2D eigenvalue weighted by Gasteiger charge is -2.28. The minimum atomic E-state index is -0.680. The Morgan fingerprint density at radius 2 is 2.21 bits per heavy atom. The summed E-state index contributed by atoms with van der Waals surface area (Å²) in [6.45, 7) is 4.11. The molecule has 0 aliphatic heterocycles. The molecule has 2 rings (SSSR count). The van der Waals surface area contributed by atoms with Crippen LogP contribution in [-0.2, 0) is 9.53 Å². The Kier molecular flexibility index (Phi) is 4.76. The molecular formula is C13H19N3O2S. The maximum absolute atomic E-state index is 12.1. The minimum absolute atomic E-state index is 0.203. The van der Waals surface area contributed by atoms with Crippen LogP contribution in [0.25, 0.3) is 0 Å². The van der Waals surface area contributed by atoms with Crippen LogP contribution in [0.3, 0.4) is 0 Å². The topological polar surface area (TPSA) is 64.1 Å². The number of aromatic nitrogens is 2. The minimum Gasteiger partial charge on any atom is -0.465 e. The zero-order valence-electron chi connectivity index (χ0n) is 11.3. The summed E-state index contributed by atoms with van der Waals surface area (Å²) in [7, 11) is 0. The first-order chi connectivity index (χ1) is 9.14. The van der Waals surface area contributed by atoms with Gasteiger partial charge in [-0.05, 0) is 32.8 Å². The normalized spacial score (nSPS) is 17.8. The highest BCUT2D eigenvalue weighted by molar-refractivity contribution is 7.99. The van der Waals surface area contributed by atoms with Gasteiger partial charge in [-0.25, -0.2) is 9.97 Å². The number of ether oxygens (including phenoxy) is 1. The molecule has 1 fully saturated rings. The Hall–Kier alpha value is -1.14. The molecule has 0 bridgehead atoms. The van der Waals surface area contributed by atoms with Crippen molar-refractivity contribution < 1.29 is 9.53 Å². The van der Waals surface area contributed by atoms with Gasteiger partial charge in [-0.2, -0.15) is 0 Å². The van der Waals surface area contributed by atoms with Crippen LogP contribution < -0.4 is 5.32 Å². The number of carbonyl (C=O) groups is 1. The fraction of sp³-hybridized carbons (Fsp3) is 0.615. The first-order valence-corrected chi connectivity index (χ1v) is 7.47. The summed E-state index contributed by atoms with van der Waals surface area (Å²) >= 11 is 1.47. The molecule has 0 aromatic carbocycles. The summed E-state index contributed by atoms with van der Waals surface area (Å²) in [5.41, 5.74) is -0.680. The van der Waals surface area contributed by atoms with Gasteiger partial charge in [-0.15, -0.1) is 0 Å². The van der Waals surface area contributed by atoms with Crippen LogP contribution in [0, 0.1) is 0 Å². The molecule has 1 N–H and O–H groups in total. The van der Waals surface area contributed by atoms with E-state index in [9.17, 15) is 4.79 Å². The second-order valence-electron chi connectivity index (χ2n) is 4.79. The third-order valence-corrected chi connectivity index (χ3v) is 4.05. The number of nitrogens with one attached hydrogen (secondary N) is 1. The van der Waals surface area contributed by atoms with Crippen LogP contribution in [0.15, 0.2) is 23.6 Å². The number of hydrogen-bond donors (Lipinski definition) is 1. The van der Waals surface area contributed by atoms with E-state index in [0.717, 1.165) is 12.8 Å². The SMILES string of the molecule is CCOC(=O)C(C)(CSc1ncccn1)NC1CC1. The molecule has 1 unspecified atom stereocenters. The molecule has 1 aromatic heterocycles. The molecule has 1 aromatic rings. The van der Waals surface area contributed by atoms with Gasteiger partial charge in [0.15, 0.2) is 5.16 Å². The lowest BCUT2D eigenvalue weighted by Crippen LogP contribution is -2.53. The Balaban J connectivity index is 1.98. The maximum Gasteiger partial charge on any atom is 0.326 e. The highest BCUT2D eigenvalue weighted by Crippen LogP contribution is 2.26. The number of hydrogen-bond acceptors (Lipinski definition) is 6. The van der Waals surface area contributed by atoms with Crippen molar-refractivity contribution in [3.8, 4) is 0 Å². The lowest BCUT2D eigenvalue weighted by molar-refractivity contribution is -0.149. The average molecular weight is 281 g/mol. The summed E-state index contributed by atoms with van der Waals surface area (Å²) in [6.07, 6.45) is 5.65. The number of nitrogens with zero attached hydrogens (tertiary/aromatic N) is 2. The van der Waals surface area contributed by atoms with Gasteiger partial charge < -0.3 is 4.74 Å². The molecule has 6 heteroatoms. The molecule has 1 aliphatic carbocycles. The molecule has 1 aliphatic rings. The van der Waals surface area contributed by atoms with Crippen molar-refractivity contribution in [2.75, 3.05) is 12.4 Å². The van der Waals surface area contributed by atoms with E-state index in [1.54, 1.807) is 18.5 Å². The van der Waals surface area contributed by atoms with Gasteiger partial charge in [0, 0.05) is 24.2 Å². The van der Waals surface area contributed by atoms with Gasteiger partial charge in [0.2, 0.25) is 0 Å². The molecular weight excluding hydrogens is 262 g/mol. The van der Waals surface area contributed by atoms with Crippen molar-refractivity contribution in [2.24, 2.45) is 0 Å². The van der Waals surface area contributed by atoms with Gasteiger partial charge in [-0.3, -0.25) is 10.1 Å². The molecule has 1 saturated carbocycles. The third kappa shape index (κ3) is 4.18. The zero-order valence-corrected chi connectivity index (χ0v) is 12.1. The summed E-state index contributed by atoms with van der Waals surface area (Å²) in [5, 5.41) is 4.05. The maximum atomic E-state index is 12.1. The van der Waals surface area contributed by atoms with E-state index >= 15 is 0 Å². The number of rotatable bonds is 7. The molecule has 104 valence electrons. The van der Waals surface area contributed by atoms with Gasteiger partial charge >= 0.3 is 5.97 Å². The Morgan fingerprint density at radius 1 is 1.53 bits per heavy atom. The number of carbonyl (C=O) groups excluding carboxylic acids is 1. The predicted molar refractivity (Wildman–Crippen MR) is 74.0 cm³/mol. The van der Waals surface area contributed by atoms with Crippen molar-refractivity contribution in [3.63, 3.8) is 0 Å². The summed E-state index contributed by atoms with van der Waals surface area (Å²) in [4.78, 5) is 20.4. The van der Waals surface area contributed by atoms with E-state index in [1.165, 1.54) is 11.8 Å². The fourth-order valence-corrected chi connectivity index (χ4v) is 2.59. The average Bonchev–Trinajstić information content (AvgIpc) is 3.22. The van der Waals surface area contributed by atoms with Crippen LogP contribution >= 0.6 is 11.8 Å². The molecule has 0 radical (unpaired) electrons. The number of esters is 1. The van der Waals surface area contributed by atoms with Crippen LogP contribution in [0.4, 0.5) is 0 Å². The Morgan fingerprint density at radius 3 is 2.79 bits per heavy atom. The van der Waals surface area contributed by atoms with E-state index < -0.39 is 5.54 Å². The summed E-state index contributed by atoms with van der Waals surface area (Å²) < 4.78 is 5.17. The zero-order chi connectivity index (χ0) is 13.7. The predicted octanol–water partition coefficient (Wildman–Crippen LogP) is 1.64. The molecule has 0 saturated heterocycles. The van der Waals surface area contributed by atoms with Crippen LogP contribution in [0.2, 0.25) is 0 Å². The smallest absolute Gasteiger partial charge is 0.326 e. The van der Waals surface area contributed by atoms with Crippen LogP contribution in [0.5, 0.6) is 0 Å². The first-order valence-electron chi connectivity index (χ1n) is 6.49. The standard InChI is InChI=1S/C13H19N3O2S/c1-3-18-11(17)13(2,16-10-5-6-10)9-19-12-14-7-4-8-15-12/h4,7-8,10,16H,3,5-6,9H2,1-2H3. The van der Waals surface area contributed by atoms with Gasteiger partial charge in [0.1, 0.15) is 5.54 Å². The van der Waals surface area contributed by atoms with Crippen molar-refractivity contribution in [2.45, 2.75) is 43.4 Å². The number of thioether (sulfide) groups is 1. The Bertz CT molecular complexity index is 425. The Labute approximate surface area is 117 Å². The monoisotopic (exact) mass is 281 g/mol. The van der Waals surface area contributed by atoms with E-state index in [0.29, 0.717) is 23.6 Å². The molecule has 19 heavy (non-hydrogen) atoms. The van der Waals surface area contributed by atoms with Crippen LogP contribution in [-0.4, -0.2) is 39.9 Å². The second-order valence-corrected chi connectivity index (χ2v) is 5.73. The molecule has 0 amide bonds. The van der Waals surface area contributed by atoms with E-state index in [1.807, 2.05) is 13.8 Å². The van der Waals surface area contributed by atoms with Gasteiger partial charge in [0.05, 0.1) is 6.61 Å².